The van der Waals surface area contributed by atoms with E-state index in [9.17, 15) is 5.11 Å². The lowest BCUT2D eigenvalue weighted by atomic mass is 10.1. The molecule has 1 aliphatic heterocycles. The molecule has 2 aromatic carbocycles. The molecule has 1 atom stereocenters. The first-order valence-electron chi connectivity index (χ1n) is 6.16. The van der Waals surface area contributed by atoms with Crippen LogP contribution in [0.15, 0.2) is 46.9 Å². The highest BCUT2D eigenvalue weighted by Gasteiger charge is 2.23. The van der Waals surface area contributed by atoms with E-state index >= 15 is 0 Å². The van der Waals surface area contributed by atoms with E-state index < -0.39 is 0 Å². The molecule has 3 nitrogen and oxygen atoms in total. The van der Waals surface area contributed by atoms with E-state index in [0.717, 1.165) is 22.3 Å². The largest absolute Gasteiger partial charge is 0.508 e. The SMILES string of the molecule is Oc1ccc2c(c1)OCC2NCc1ccc(Br)cc1. The van der Waals surface area contributed by atoms with Crippen LogP contribution in [-0.4, -0.2) is 11.7 Å². The molecule has 0 bridgehead atoms. The summed E-state index contributed by atoms with van der Waals surface area (Å²) in [6, 6.07) is 13.7. The first kappa shape index (κ1) is 12.5. The molecule has 0 aliphatic carbocycles. The van der Waals surface area contributed by atoms with E-state index in [4.69, 9.17) is 4.74 Å². The molecule has 0 radical (unpaired) electrons. The first-order valence-corrected chi connectivity index (χ1v) is 6.95. The fraction of sp³-hybridized carbons (Fsp3) is 0.200. The van der Waals surface area contributed by atoms with Gasteiger partial charge in [-0.25, -0.2) is 0 Å². The Balaban J connectivity index is 1.68. The fourth-order valence-corrected chi connectivity index (χ4v) is 2.48. The van der Waals surface area contributed by atoms with Crippen molar-refractivity contribution in [2.45, 2.75) is 12.6 Å². The fourth-order valence-electron chi connectivity index (χ4n) is 2.21. The second-order valence-corrected chi connectivity index (χ2v) is 5.51. The zero-order chi connectivity index (χ0) is 13.2. The molecule has 98 valence electrons. The Hall–Kier alpha value is -1.52. The zero-order valence-electron chi connectivity index (χ0n) is 10.3. The van der Waals surface area contributed by atoms with Crippen molar-refractivity contribution < 1.29 is 9.84 Å². The molecule has 1 aliphatic rings. The topological polar surface area (TPSA) is 41.5 Å². The van der Waals surface area contributed by atoms with E-state index in [2.05, 4.69) is 33.4 Å². The summed E-state index contributed by atoms with van der Waals surface area (Å²) in [5, 5.41) is 12.9. The third kappa shape index (κ3) is 2.74. The van der Waals surface area contributed by atoms with Gasteiger partial charge in [-0.3, -0.25) is 0 Å². The van der Waals surface area contributed by atoms with Crippen molar-refractivity contribution in [2.75, 3.05) is 6.61 Å². The molecule has 0 aromatic heterocycles. The van der Waals surface area contributed by atoms with Gasteiger partial charge in [0.15, 0.2) is 0 Å². The summed E-state index contributed by atoms with van der Waals surface area (Å²) in [5.41, 5.74) is 2.34. The minimum Gasteiger partial charge on any atom is -0.508 e. The van der Waals surface area contributed by atoms with Gasteiger partial charge in [-0.05, 0) is 29.8 Å². The molecule has 0 saturated heterocycles. The number of ether oxygens (including phenoxy) is 1. The number of benzene rings is 2. The third-order valence-corrected chi connectivity index (χ3v) is 3.77. The molecular formula is C15H14BrNO2. The van der Waals surface area contributed by atoms with E-state index in [0.29, 0.717) is 6.61 Å². The normalized spacial score (nSPS) is 17.0. The lowest BCUT2D eigenvalue weighted by Crippen LogP contribution is -2.21. The number of hydrogen-bond donors (Lipinski definition) is 2. The summed E-state index contributed by atoms with van der Waals surface area (Å²) in [7, 11) is 0. The molecule has 3 rings (SSSR count). The monoisotopic (exact) mass is 319 g/mol. The number of aromatic hydroxyl groups is 1. The highest BCUT2D eigenvalue weighted by atomic mass is 79.9. The lowest BCUT2D eigenvalue weighted by Gasteiger charge is -2.11. The van der Waals surface area contributed by atoms with Gasteiger partial charge in [-0.2, -0.15) is 0 Å². The van der Waals surface area contributed by atoms with Crippen molar-refractivity contribution in [3.05, 3.63) is 58.1 Å². The maximum absolute atomic E-state index is 9.41. The van der Waals surface area contributed by atoms with Gasteiger partial charge in [-0.15, -0.1) is 0 Å². The van der Waals surface area contributed by atoms with Crippen LogP contribution in [0.2, 0.25) is 0 Å². The van der Waals surface area contributed by atoms with Crippen LogP contribution < -0.4 is 10.1 Å². The summed E-state index contributed by atoms with van der Waals surface area (Å²) in [6.07, 6.45) is 0. The van der Waals surface area contributed by atoms with Crippen molar-refractivity contribution in [1.82, 2.24) is 5.32 Å². The smallest absolute Gasteiger partial charge is 0.127 e. The van der Waals surface area contributed by atoms with Crippen molar-refractivity contribution >= 4 is 15.9 Å². The van der Waals surface area contributed by atoms with Crippen LogP contribution in [0.3, 0.4) is 0 Å². The number of hydrogen-bond acceptors (Lipinski definition) is 3. The van der Waals surface area contributed by atoms with E-state index in [1.165, 1.54) is 5.56 Å². The lowest BCUT2D eigenvalue weighted by molar-refractivity contribution is 0.309. The molecule has 0 spiro atoms. The molecule has 2 N–H and O–H groups in total. The summed E-state index contributed by atoms with van der Waals surface area (Å²) < 4.78 is 6.65. The summed E-state index contributed by atoms with van der Waals surface area (Å²) in [4.78, 5) is 0. The molecule has 19 heavy (non-hydrogen) atoms. The van der Waals surface area contributed by atoms with Crippen LogP contribution in [0.1, 0.15) is 17.2 Å². The number of phenolic OH excluding ortho intramolecular Hbond substituents is 1. The number of nitrogens with one attached hydrogen (secondary N) is 1. The van der Waals surface area contributed by atoms with Crippen molar-refractivity contribution in [3.63, 3.8) is 0 Å². The van der Waals surface area contributed by atoms with Crippen molar-refractivity contribution in [1.29, 1.82) is 0 Å². The van der Waals surface area contributed by atoms with Crippen LogP contribution >= 0.6 is 15.9 Å². The summed E-state index contributed by atoms with van der Waals surface area (Å²) in [6.45, 7) is 1.40. The van der Waals surface area contributed by atoms with Gasteiger partial charge < -0.3 is 15.2 Å². The molecule has 1 heterocycles. The van der Waals surface area contributed by atoms with Gasteiger partial charge in [0.1, 0.15) is 18.1 Å². The van der Waals surface area contributed by atoms with Crippen LogP contribution in [0.25, 0.3) is 0 Å². The quantitative estimate of drug-likeness (QED) is 0.911. The summed E-state index contributed by atoms with van der Waals surface area (Å²) >= 11 is 3.43. The van der Waals surface area contributed by atoms with Gasteiger partial charge in [0.25, 0.3) is 0 Å². The molecule has 2 aromatic rings. The Morgan fingerprint density at radius 3 is 2.79 bits per heavy atom. The zero-order valence-corrected chi connectivity index (χ0v) is 11.9. The minimum atomic E-state index is 0.180. The van der Waals surface area contributed by atoms with Crippen LogP contribution in [0, 0.1) is 0 Å². The van der Waals surface area contributed by atoms with Crippen molar-refractivity contribution in [3.8, 4) is 11.5 Å². The molecule has 4 heteroatoms. The minimum absolute atomic E-state index is 0.180. The second-order valence-electron chi connectivity index (χ2n) is 4.59. The third-order valence-electron chi connectivity index (χ3n) is 3.24. The molecule has 0 saturated carbocycles. The Morgan fingerprint density at radius 1 is 1.21 bits per heavy atom. The molecular weight excluding hydrogens is 306 g/mol. The molecule has 1 unspecified atom stereocenters. The van der Waals surface area contributed by atoms with Crippen molar-refractivity contribution in [2.24, 2.45) is 0 Å². The van der Waals surface area contributed by atoms with E-state index in [1.54, 1.807) is 12.1 Å². The number of fused-ring (bicyclic) bond motifs is 1. The molecule has 0 amide bonds. The maximum atomic E-state index is 9.41. The summed E-state index contributed by atoms with van der Waals surface area (Å²) in [5.74, 6) is 1.01. The average molecular weight is 320 g/mol. The standard InChI is InChI=1S/C15H14BrNO2/c16-11-3-1-10(2-4-11)8-17-14-9-19-15-7-12(18)5-6-13(14)15/h1-7,14,17-18H,8-9H2. The maximum Gasteiger partial charge on any atom is 0.127 e. The van der Waals surface area contributed by atoms with Gasteiger partial charge >= 0.3 is 0 Å². The second kappa shape index (κ2) is 5.23. The van der Waals surface area contributed by atoms with Gasteiger partial charge in [-0.1, -0.05) is 28.1 Å². The Kier molecular flexibility index (Phi) is 3.44. The number of halogens is 1. The van der Waals surface area contributed by atoms with Gasteiger partial charge in [0, 0.05) is 22.6 Å². The van der Waals surface area contributed by atoms with E-state index in [-0.39, 0.29) is 11.8 Å². The van der Waals surface area contributed by atoms with Crippen LogP contribution in [-0.2, 0) is 6.54 Å². The predicted octanol–water partition coefficient (Wildman–Crippen LogP) is 3.38. The number of phenols is 1. The Bertz CT molecular complexity index is 583. The van der Waals surface area contributed by atoms with Crippen LogP contribution in [0.5, 0.6) is 11.5 Å². The van der Waals surface area contributed by atoms with E-state index in [1.807, 2.05) is 18.2 Å². The molecule has 0 fully saturated rings. The first-order chi connectivity index (χ1) is 9.22. The average Bonchev–Trinajstić information content (AvgIpc) is 2.80. The van der Waals surface area contributed by atoms with Gasteiger partial charge in [0.05, 0.1) is 6.04 Å². The Labute approximate surface area is 120 Å². The highest BCUT2D eigenvalue weighted by molar-refractivity contribution is 9.10. The Morgan fingerprint density at radius 2 is 2.00 bits per heavy atom. The van der Waals surface area contributed by atoms with Crippen LogP contribution in [0.4, 0.5) is 0 Å². The van der Waals surface area contributed by atoms with Gasteiger partial charge in [0.2, 0.25) is 0 Å². The number of rotatable bonds is 3. The predicted molar refractivity (Wildman–Crippen MR) is 77.3 cm³/mol. The highest BCUT2D eigenvalue weighted by Crippen LogP contribution is 2.34.